The van der Waals surface area contributed by atoms with Gasteiger partial charge in [-0.3, -0.25) is 4.98 Å². The summed E-state index contributed by atoms with van der Waals surface area (Å²) in [6, 6.07) is 6.17. The van der Waals surface area contributed by atoms with Crippen LogP contribution in [0.3, 0.4) is 0 Å². The molecule has 2 heterocycles. The lowest BCUT2D eigenvalue weighted by Gasteiger charge is -2.25. The summed E-state index contributed by atoms with van der Waals surface area (Å²) in [7, 11) is 2.22. The lowest BCUT2D eigenvalue weighted by atomic mass is 9.92. The van der Waals surface area contributed by atoms with Gasteiger partial charge >= 0.3 is 0 Å². The molecule has 0 aromatic carbocycles. The Kier molecular flexibility index (Phi) is 3.35. The Morgan fingerprint density at radius 1 is 1.39 bits per heavy atom. The second-order valence-corrected chi connectivity index (χ2v) is 6.03. The van der Waals surface area contributed by atoms with Crippen LogP contribution in [-0.4, -0.2) is 36.6 Å². The Balaban J connectivity index is 1.49. The molecule has 1 saturated carbocycles. The van der Waals surface area contributed by atoms with Crippen molar-refractivity contribution in [2.45, 2.75) is 25.8 Å². The summed E-state index contributed by atoms with van der Waals surface area (Å²) < 4.78 is 0. The monoisotopic (exact) mass is 245 g/mol. The van der Waals surface area contributed by atoms with Gasteiger partial charge in [-0.1, -0.05) is 6.07 Å². The van der Waals surface area contributed by atoms with Gasteiger partial charge in [-0.15, -0.1) is 0 Å². The standard InChI is InChI=1S/C15H23N3/c1-18(12-14-4-2-3-7-17-14)11-13-10-15(13)5-8-16-9-6-15/h2-4,7,13,16H,5-6,8-12H2,1H3. The highest BCUT2D eigenvalue weighted by molar-refractivity contribution is 5.06. The van der Waals surface area contributed by atoms with Crippen molar-refractivity contribution in [3.63, 3.8) is 0 Å². The zero-order valence-corrected chi connectivity index (χ0v) is 11.2. The molecular weight excluding hydrogens is 222 g/mol. The average molecular weight is 245 g/mol. The molecule has 1 spiro atoms. The van der Waals surface area contributed by atoms with Gasteiger partial charge in [0.2, 0.25) is 0 Å². The van der Waals surface area contributed by atoms with E-state index >= 15 is 0 Å². The third-order valence-electron chi connectivity index (χ3n) is 4.65. The molecule has 0 bridgehead atoms. The molecule has 2 fully saturated rings. The highest BCUT2D eigenvalue weighted by atomic mass is 15.1. The fourth-order valence-corrected chi connectivity index (χ4v) is 3.44. The molecule has 1 atom stereocenters. The minimum absolute atomic E-state index is 0.698. The number of piperidine rings is 1. The molecule has 3 nitrogen and oxygen atoms in total. The Hall–Kier alpha value is -0.930. The molecule has 3 rings (SSSR count). The van der Waals surface area contributed by atoms with E-state index < -0.39 is 0 Å². The van der Waals surface area contributed by atoms with Gasteiger partial charge in [0.05, 0.1) is 5.69 Å². The van der Waals surface area contributed by atoms with Crippen LogP contribution in [0.25, 0.3) is 0 Å². The van der Waals surface area contributed by atoms with Crippen molar-refractivity contribution >= 4 is 0 Å². The van der Waals surface area contributed by atoms with Crippen LogP contribution in [0.2, 0.25) is 0 Å². The second kappa shape index (κ2) is 4.98. The number of hydrogen-bond acceptors (Lipinski definition) is 3. The molecule has 18 heavy (non-hydrogen) atoms. The third-order valence-corrected chi connectivity index (χ3v) is 4.65. The maximum atomic E-state index is 4.40. The fourth-order valence-electron chi connectivity index (χ4n) is 3.44. The maximum absolute atomic E-state index is 4.40. The first-order valence-corrected chi connectivity index (χ1v) is 7.08. The average Bonchev–Trinajstić information content (AvgIpc) is 3.02. The van der Waals surface area contributed by atoms with E-state index in [1.54, 1.807) is 0 Å². The predicted octanol–water partition coefficient (Wildman–Crippen LogP) is 1.90. The molecule has 1 unspecified atom stereocenters. The summed E-state index contributed by atoms with van der Waals surface area (Å²) in [5.41, 5.74) is 1.88. The number of aromatic nitrogens is 1. The number of nitrogens with one attached hydrogen (secondary N) is 1. The van der Waals surface area contributed by atoms with Gasteiger partial charge < -0.3 is 10.2 Å². The highest BCUT2D eigenvalue weighted by Crippen LogP contribution is 2.58. The largest absolute Gasteiger partial charge is 0.317 e. The zero-order chi connectivity index (χ0) is 12.4. The van der Waals surface area contributed by atoms with E-state index in [2.05, 4.69) is 34.4 Å². The van der Waals surface area contributed by atoms with Gasteiger partial charge in [-0.25, -0.2) is 0 Å². The molecule has 98 valence electrons. The topological polar surface area (TPSA) is 28.2 Å². The minimum Gasteiger partial charge on any atom is -0.317 e. The van der Waals surface area contributed by atoms with Crippen LogP contribution in [-0.2, 0) is 6.54 Å². The van der Waals surface area contributed by atoms with Crippen LogP contribution in [0.5, 0.6) is 0 Å². The first-order chi connectivity index (χ1) is 8.78. The molecule has 0 radical (unpaired) electrons. The Bertz CT molecular complexity index is 384. The molecule has 1 aromatic rings. The van der Waals surface area contributed by atoms with Crippen molar-refractivity contribution in [2.75, 3.05) is 26.7 Å². The van der Waals surface area contributed by atoms with E-state index in [1.807, 2.05) is 12.3 Å². The van der Waals surface area contributed by atoms with Crippen LogP contribution in [0, 0.1) is 11.3 Å². The van der Waals surface area contributed by atoms with Gasteiger partial charge in [0.25, 0.3) is 0 Å². The fraction of sp³-hybridized carbons (Fsp3) is 0.667. The van der Waals surface area contributed by atoms with Crippen LogP contribution in [0.4, 0.5) is 0 Å². The lowest BCUT2D eigenvalue weighted by molar-refractivity contribution is 0.255. The molecule has 1 aliphatic heterocycles. The Morgan fingerprint density at radius 2 is 2.22 bits per heavy atom. The minimum atomic E-state index is 0.698. The smallest absolute Gasteiger partial charge is 0.0543 e. The molecule has 1 aliphatic carbocycles. The van der Waals surface area contributed by atoms with E-state index in [-0.39, 0.29) is 0 Å². The van der Waals surface area contributed by atoms with Gasteiger partial charge in [0.1, 0.15) is 0 Å². The quantitative estimate of drug-likeness (QED) is 0.878. The highest BCUT2D eigenvalue weighted by Gasteiger charge is 2.53. The van der Waals surface area contributed by atoms with Crippen LogP contribution in [0.15, 0.2) is 24.4 Å². The number of nitrogens with zero attached hydrogens (tertiary/aromatic N) is 2. The summed E-state index contributed by atoms with van der Waals surface area (Å²) >= 11 is 0. The summed E-state index contributed by atoms with van der Waals surface area (Å²) in [6.45, 7) is 4.66. The van der Waals surface area contributed by atoms with Crippen molar-refractivity contribution in [3.8, 4) is 0 Å². The number of rotatable bonds is 4. The molecule has 2 aliphatic rings. The molecule has 3 heteroatoms. The van der Waals surface area contributed by atoms with Crippen molar-refractivity contribution in [2.24, 2.45) is 11.3 Å². The number of pyridine rings is 1. The summed E-state index contributed by atoms with van der Waals surface area (Å²) in [6.07, 6.45) is 6.10. The predicted molar refractivity (Wildman–Crippen MR) is 73.2 cm³/mol. The molecule has 1 saturated heterocycles. The maximum Gasteiger partial charge on any atom is 0.0543 e. The third kappa shape index (κ3) is 2.57. The van der Waals surface area contributed by atoms with Gasteiger partial charge in [-0.05, 0) is 62.9 Å². The van der Waals surface area contributed by atoms with Gasteiger partial charge in [0, 0.05) is 19.3 Å². The van der Waals surface area contributed by atoms with Gasteiger partial charge in [0.15, 0.2) is 0 Å². The molecule has 1 aromatic heterocycles. The molecular formula is C15H23N3. The van der Waals surface area contributed by atoms with Crippen molar-refractivity contribution in [3.05, 3.63) is 30.1 Å². The van der Waals surface area contributed by atoms with Crippen LogP contribution in [0.1, 0.15) is 25.0 Å². The zero-order valence-electron chi connectivity index (χ0n) is 11.2. The normalized spacial score (nSPS) is 25.6. The van der Waals surface area contributed by atoms with E-state index in [0.29, 0.717) is 5.41 Å². The van der Waals surface area contributed by atoms with E-state index in [9.17, 15) is 0 Å². The van der Waals surface area contributed by atoms with Crippen molar-refractivity contribution in [1.82, 2.24) is 15.2 Å². The summed E-state index contributed by atoms with van der Waals surface area (Å²) in [4.78, 5) is 6.83. The lowest BCUT2D eigenvalue weighted by Crippen LogP contribution is -2.31. The SMILES string of the molecule is CN(Cc1ccccn1)CC1CC12CCNCC2. The van der Waals surface area contributed by atoms with Crippen molar-refractivity contribution in [1.29, 1.82) is 0 Å². The molecule has 0 amide bonds. The number of hydrogen-bond donors (Lipinski definition) is 1. The summed E-state index contributed by atoms with van der Waals surface area (Å²) in [5, 5.41) is 3.47. The van der Waals surface area contributed by atoms with Crippen molar-refractivity contribution < 1.29 is 0 Å². The van der Waals surface area contributed by atoms with Crippen LogP contribution >= 0.6 is 0 Å². The van der Waals surface area contributed by atoms with E-state index in [1.165, 1.54) is 44.6 Å². The Morgan fingerprint density at radius 3 is 2.94 bits per heavy atom. The van der Waals surface area contributed by atoms with Crippen LogP contribution < -0.4 is 5.32 Å². The first-order valence-electron chi connectivity index (χ1n) is 7.08. The molecule has 1 N–H and O–H groups in total. The van der Waals surface area contributed by atoms with Gasteiger partial charge in [-0.2, -0.15) is 0 Å². The second-order valence-electron chi connectivity index (χ2n) is 6.03. The Labute approximate surface area is 110 Å². The van der Waals surface area contributed by atoms with E-state index in [4.69, 9.17) is 0 Å². The van der Waals surface area contributed by atoms with E-state index in [0.717, 1.165) is 12.5 Å². The first kappa shape index (κ1) is 12.1. The summed E-state index contributed by atoms with van der Waals surface area (Å²) in [5.74, 6) is 0.924.